The molecule has 0 radical (unpaired) electrons. The summed E-state index contributed by atoms with van der Waals surface area (Å²) >= 11 is 0. The summed E-state index contributed by atoms with van der Waals surface area (Å²) in [5.41, 5.74) is 3.87. The van der Waals surface area contributed by atoms with E-state index in [2.05, 4.69) is 20.5 Å². The molecule has 0 fully saturated rings. The standard InChI is InChI=1S/C15H12N4O2/c20-11-7-5-10(6-8-11)9-16-19-15-17-13-4-2-1-3-12(13)14(21)18-15/h1-9,20H,(H2,17,18,19,21)/b16-9-. The van der Waals surface area contributed by atoms with E-state index in [0.29, 0.717) is 10.9 Å². The third-order valence-corrected chi connectivity index (χ3v) is 2.89. The fourth-order valence-corrected chi connectivity index (χ4v) is 1.87. The zero-order valence-electron chi connectivity index (χ0n) is 10.9. The molecule has 0 saturated heterocycles. The van der Waals surface area contributed by atoms with Gasteiger partial charge in [0.2, 0.25) is 5.95 Å². The Balaban J connectivity index is 1.82. The summed E-state index contributed by atoms with van der Waals surface area (Å²) in [5, 5.41) is 13.7. The van der Waals surface area contributed by atoms with E-state index >= 15 is 0 Å². The van der Waals surface area contributed by atoms with Crippen molar-refractivity contribution in [2.45, 2.75) is 0 Å². The highest BCUT2D eigenvalue weighted by molar-refractivity contribution is 5.81. The predicted octanol–water partition coefficient (Wildman–Crippen LogP) is 2.07. The van der Waals surface area contributed by atoms with E-state index in [0.717, 1.165) is 5.56 Å². The maximum atomic E-state index is 11.9. The fraction of sp³-hybridized carbons (Fsp3) is 0. The highest BCUT2D eigenvalue weighted by atomic mass is 16.3. The lowest BCUT2D eigenvalue weighted by Crippen LogP contribution is -2.10. The summed E-state index contributed by atoms with van der Waals surface area (Å²) in [6.07, 6.45) is 1.56. The Bertz CT molecular complexity index is 853. The van der Waals surface area contributed by atoms with E-state index in [1.165, 1.54) is 0 Å². The molecule has 104 valence electrons. The van der Waals surface area contributed by atoms with E-state index in [9.17, 15) is 9.90 Å². The number of aromatic amines is 1. The van der Waals surface area contributed by atoms with Gasteiger partial charge in [-0.05, 0) is 42.0 Å². The zero-order valence-corrected chi connectivity index (χ0v) is 10.9. The Morgan fingerprint density at radius 1 is 1.14 bits per heavy atom. The number of hydrogen-bond acceptors (Lipinski definition) is 5. The number of H-pyrrole nitrogens is 1. The van der Waals surface area contributed by atoms with Crippen LogP contribution in [0.1, 0.15) is 5.56 Å². The van der Waals surface area contributed by atoms with E-state index in [1.807, 2.05) is 6.07 Å². The van der Waals surface area contributed by atoms with E-state index < -0.39 is 0 Å². The van der Waals surface area contributed by atoms with Crippen molar-refractivity contribution in [2.75, 3.05) is 5.43 Å². The number of fused-ring (bicyclic) bond motifs is 1. The number of para-hydroxylation sites is 1. The molecule has 0 unspecified atom stereocenters. The third-order valence-electron chi connectivity index (χ3n) is 2.89. The van der Waals surface area contributed by atoms with Crippen LogP contribution in [0.3, 0.4) is 0 Å². The molecule has 0 spiro atoms. The van der Waals surface area contributed by atoms with Crippen molar-refractivity contribution in [1.29, 1.82) is 0 Å². The topological polar surface area (TPSA) is 90.4 Å². The van der Waals surface area contributed by atoms with Gasteiger partial charge in [-0.2, -0.15) is 5.10 Å². The Labute approximate surface area is 119 Å². The molecule has 0 aliphatic carbocycles. The smallest absolute Gasteiger partial charge is 0.260 e. The average Bonchev–Trinajstić information content (AvgIpc) is 2.49. The van der Waals surface area contributed by atoms with Crippen molar-refractivity contribution in [3.8, 4) is 5.75 Å². The Morgan fingerprint density at radius 2 is 1.90 bits per heavy atom. The van der Waals surface area contributed by atoms with E-state index in [4.69, 9.17) is 0 Å². The highest BCUT2D eigenvalue weighted by Gasteiger charge is 2.01. The van der Waals surface area contributed by atoms with Crippen LogP contribution in [0, 0.1) is 0 Å². The van der Waals surface area contributed by atoms with Gasteiger partial charge in [-0.15, -0.1) is 0 Å². The van der Waals surface area contributed by atoms with Gasteiger partial charge in [-0.1, -0.05) is 12.1 Å². The quantitative estimate of drug-likeness (QED) is 0.506. The number of nitrogens with one attached hydrogen (secondary N) is 2. The molecule has 6 heteroatoms. The normalized spacial score (nSPS) is 11.0. The van der Waals surface area contributed by atoms with E-state index in [-0.39, 0.29) is 17.3 Å². The monoisotopic (exact) mass is 280 g/mol. The van der Waals surface area contributed by atoms with Crippen LogP contribution in [-0.2, 0) is 0 Å². The third kappa shape index (κ3) is 2.89. The van der Waals surface area contributed by atoms with Crippen LogP contribution in [0.15, 0.2) is 58.4 Å². The van der Waals surface area contributed by atoms with Crippen molar-refractivity contribution < 1.29 is 5.11 Å². The highest BCUT2D eigenvalue weighted by Crippen LogP contribution is 2.09. The molecule has 6 nitrogen and oxygen atoms in total. The SMILES string of the molecule is O=c1[nH]c(N/N=C\c2ccc(O)cc2)nc2ccccc12. The van der Waals surface area contributed by atoms with Crippen LogP contribution >= 0.6 is 0 Å². The Morgan fingerprint density at radius 3 is 2.71 bits per heavy atom. The molecule has 0 aliphatic heterocycles. The lowest BCUT2D eigenvalue weighted by Gasteiger charge is -2.01. The summed E-state index contributed by atoms with van der Waals surface area (Å²) < 4.78 is 0. The number of nitrogens with zero attached hydrogens (tertiary/aromatic N) is 2. The second-order valence-corrected chi connectivity index (χ2v) is 4.39. The molecule has 21 heavy (non-hydrogen) atoms. The molecule has 3 N–H and O–H groups in total. The van der Waals surface area contributed by atoms with Crippen molar-refractivity contribution in [2.24, 2.45) is 5.10 Å². The van der Waals surface area contributed by atoms with Gasteiger partial charge in [0.05, 0.1) is 17.1 Å². The lowest BCUT2D eigenvalue weighted by atomic mass is 10.2. The maximum absolute atomic E-state index is 11.9. The van der Waals surface area contributed by atoms with Crippen molar-refractivity contribution in [3.63, 3.8) is 0 Å². The van der Waals surface area contributed by atoms with Crippen LogP contribution < -0.4 is 11.0 Å². The summed E-state index contributed by atoms with van der Waals surface area (Å²) in [6.45, 7) is 0. The number of phenols is 1. The van der Waals surface area contributed by atoms with Crippen LogP contribution in [0.5, 0.6) is 5.75 Å². The summed E-state index contributed by atoms with van der Waals surface area (Å²) in [7, 11) is 0. The first kappa shape index (κ1) is 12.9. The summed E-state index contributed by atoms with van der Waals surface area (Å²) in [6, 6.07) is 13.7. The second-order valence-electron chi connectivity index (χ2n) is 4.39. The molecule has 3 aromatic rings. The van der Waals surface area contributed by atoms with Gasteiger partial charge in [0.15, 0.2) is 0 Å². The summed E-state index contributed by atoms with van der Waals surface area (Å²) in [5.74, 6) is 0.467. The summed E-state index contributed by atoms with van der Waals surface area (Å²) in [4.78, 5) is 18.7. The number of aromatic hydroxyl groups is 1. The lowest BCUT2D eigenvalue weighted by molar-refractivity contribution is 0.475. The maximum Gasteiger partial charge on any atom is 0.260 e. The number of anilines is 1. The Hall–Kier alpha value is -3.15. The van der Waals surface area contributed by atoms with E-state index in [1.54, 1.807) is 48.7 Å². The minimum Gasteiger partial charge on any atom is -0.508 e. The molecule has 0 saturated carbocycles. The van der Waals surface area contributed by atoms with Crippen molar-refractivity contribution >= 4 is 23.1 Å². The molecule has 0 bridgehead atoms. The van der Waals surface area contributed by atoms with Crippen LogP contribution in [0.4, 0.5) is 5.95 Å². The number of rotatable bonds is 3. The van der Waals surface area contributed by atoms with Gasteiger partial charge in [0, 0.05) is 0 Å². The molecule has 2 aromatic carbocycles. The Kier molecular flexibility index (Phi) is 3.34. The molecular weight excluding hydrogens is 268 g/mol. The molecule has 0 aliphatic rings. The van der Waals surface area contributed by atoms with Crippen LogP contribution in [0.2, 0.25) is 0 Å². The minimum atomic E-state index is -0.220. The molecule has 1 aromatic heterocycles. The van der Waals surface area contributed by atoms with Gasteiger partial charge in [-0.25, -0.2) is 10.4 Å². The molecule has 3 rings (SSSR count). The van der Waals surface area contributed by atoms with Crippen LogP contribution in [-0.4, -0.2) is 21.3 Å². The van der Waals surface area contributed by atoms with Gasteiger partial charge in [0.1, 0.15) is 5.75 Å². The minimum absolute atomic E-state index is 0.195. The second kappa shape index (κ2) is 5.46. The molecule has 0 amide bonds. The number of hydrogen-bond donors (Lipinski definition) is 3. The van der Waals surface area contributed by atoms with Crippen LogP contribution in [0.25, 0.3) is 10.9 Å². The van der Waals surface area contributed by atoms with Gasteiger partial charge in [0.25, 0.3) is 5.56 Å². The first-order valence-electron chi connectivity index (χ1n) is 6.29. The average molecular weight is 280 g/mol. The molecule has 1 heterocycles. The largest absolute Gasteiger partial charge is 0.508 e. The number of benzene rings is 2. The van der Waals surface area contributed by atoms with Crippen molar-refractivity contribution in [1.82, 2.24) is 9.97 Å². The first-order valence-corrected chi connectivity index (χ1v) is 6.29. The predicted molar refractivity (Wildman–Crippen MR) is 81.7 cm³/mol. The van der Waals surface area contributed by atoms with Gasteiger partial charge < -0.3 is 5.11 Å². The molecular formula is C15H12N4O2. The zero-order chi connectivity index (χ0) is 14.7. The van der Waals surface area contributed by atoms with Gasteiger partial charge >= 0.3 is 0 Å². The van der Waals surface area contributed by atoms with Gasteiger partial charge in [-0.3, -0.25) is 9.78 Å². The fourth-order valence-electron chi connectivity index (χ4n) is 1.87. The first-order chi connectivity index (χ1) is 10.2. The number of aromatic nitrogens is 2. The van der Waals surface area contributed by atoms with Crippen molar-refractivity contribution in [3.05, 3.63) is 64.4 Å². The molecule has 0 atom stereocenters. The number of hydrazone groups is 1. The number of phenolic OH excluding ortho intramolecular Hbond substituents is 1.